The van der Waals surface area contributed by atoms with Gasteiger partial charge in [-0.25, -0.2) is 0 Å². The monoisotopic (exact) mass is 302 g/mol. The van der Waals surface area contributed by atoms with Crippen LogP contribution in [0.3, 0.4) is 0 Å². The fourth-order valence-electron chi connectivity index (χ4n) is 3.94. The molecule has 0 amide bonds. The van der Waals surface area contributed by atoms with Crippen molar-refractivity contribution >= 4 is 11.4 Å². The first kappa shape index (κ1) is 14.4. The van der Waals surface area contributed by atoms with Crippen molar-refractivity contribution in [3.63, 3.8) is 0 Å². The van der Waals surface area contributed by atoms with Crippen LogP contribution in [0.5, 0.6) is 0 Å². The average molecular weight is 302 g/mol. The zero-order valence-corrected chi connectivity index (χ0v) is 14.2. The first-order valence-corrected chi connectivity index (χ1v) is 8.27. The fraction of sp³-hybridized carbons (Fsp3) is 0.333. The minimum absolute atomic E-state index is 0.0373. The predicted molar refractivity (Wildman–Crippen MR) is 96.6 cm³/mol. The smallest absolute Gasteiger partial charge is 0.166 e. The number of aliphatic imine (C=N–C) groups is 2. The van der Waals surface area contributed by atoms with Gasteiger partial charge in [-0.1, -0.05) is 61.9 Å². The Hall–Kier alpha value is -2.22. The lowest BCUT2D eigenvalue weighted by molar-refractivity contribution is 0.518. The van der Waals surface area contributed by atoms with Crippen molar-refractivity contribution < 1.29 is 0 Å². The van der Waals surface area contributed by atoms with E-state index in [0.717, 1.165) is 12.1 Å². The lowest BCUT2D eigenvalue weighted by atomic mass is 9.70. The SMILES string of the molecule is Cc1cc(C)c2c(c1)CC(C)(C)C1=NC(c3ccccc3)N=C12. The molecule has 0 fully saturated rings. The van der Waals surface area contributed by atoms with E-state index in [1.165, 1.54) is 33.5 Å². The number of hydrogen-bond donors (Lipinski definition) is 0. The van der Waals surface area contributed by atoms with Crippen LogP contribution < -0.4 is 0 Å². The highest BCUT2D eigenvalue weighted by molar-refractivity contribution is 6.52. The highest BCUT2D eigenvalue weighted by Crippen LogP contribution is 2.40. The summed E-state index contributed by atoms with van der Waals surface area (Å²) < 4.78 is 0. The molecule has 23 heavy (non-hydrogen) atoms. The first-order chi connectivity index (χ1) is 11.0. The maximum Gasteiger partial charge on any atom is 0.166 e. The summed E-state index contributed by atoms with van der Waals surface area (Å²) in [6, 6.07) is 15.0. The molecule has 2 heteroatoms. The third kappa shape index (κ3) is 2.24. The second-order valence-electron chi connectivity index (χ2n) is 7.42. The van der Waals surface area contributed by atoms with E-state index in [0.29, 0.717) is 0 Å². The molecule has 0 bridgehead atoms. The molecule has 4 rings (SSSR count). The van der Waals surface area contributed by atoms with E-state index in [4.69, 9.17) is 9.98 Å². The van der Waals surface area contributed by atoms with Crippen molar-refractivity contribution in [2.24, 2.45) is 15.4 Å². The molecular formula is C21H22N2. The summed E-state index contributed by atoms with van der Waals surface area (Å²) in [5, 5.41) is 0. The second-order valence-corrected chi connectivity index (χ2v) is 7.42. The van der Waals surface area contributed by atoms with E-state index in [-0.39, 0.29) is 11.6 Å². The van der Waals surface area contributed by atoms with Crippen LogP contribution in [-0.4, -0.2) is 11.4 Å². The van der Waals surface area contributed by atoms with E-state index in [9.17, 15) is 0 Å². The first-order valence-electron chi connectivity index (χ1n) is 8.27. The number of nitrogens with zero attached hydrogens (tertiary/aromatic N) is 2. The van der Waals surface area contributed by atoms with Gasteiger partial charge in [0.25, 0.3) is 0 Å². The summed E-state index contributed by atoms with van der Waals surface area (Å²) in [4.78, 5) is 10.0. The van der Waals surface area contributed by atoms with E-state index < -0.39 is 0 Å². The fourth-order valence-corrected chi connectivity index (χ4v) is 3.94. The lowest BCUT2D eigenvalue weighted by Gasteiger charge is -2.33. The molecule has 1 atom stereocenters. The van der Waals surface area contributed by atoms with E-state index >= 15 is 0 Å². The molecule has 0 N–H and O–H groups in total. The van der Waals surface area contributed by atoms with Gasteiger partial charge in [-0.2, -0.15) is 0 Å². The molecule has 1 aliphatic carbocycles. The van der Waals surface area contributed by atoms with Crippen molar-refractivity contribution in [2.45, 2.75) is 40.3 Å². The summed E-state index contributed by atoms with van der Waals surface area (Å²) in [6.07, 6.45) is 0.941. The van der Waals surface area contributed by atoms with Crippen LogP contribution in [-0.2, 0) is 6.42 Å². The lowest BCUT2D eigenvalue weighted by Crippen LogP contribution is -2.38. The Morgan fingerprint density at radius 2 is 1.74 bits per heavy atom. The molecule has 1 unspecified atom stereocenters. The van der Waals surface area contributed by atoms with Crippen LogP contribution in [0.25, 0.3) is 0 Å². The highest BCUT2D eigenvalue weighted by atomic mass is 15.1. The molecule has 0 saturated heterocycles. The van der Waals surface area contributed by atoms with Gasteiger partial charge in [-0.15, -0.1) is 0 Å². The largest absolute Gasteiger partial charge is 0.256 e. The maximum absolute atomic E-state index is 5.02. The van der Waals surface area contributed by atoms with Crippen molar-refractivity contribution in [3.05, 3.63) is 70.3 Å². The van der Waals surface area contributed by atoms with Crippen LogP contribution in [0.1, 0.15) is 47.8 Å². The van der Waals surface area contributed by atoms with Crippen LogP contribution in [0, 0.1) is 19.3 Å². The van der Waals surface area contributed by atoms with E-state index in [1.54, 1.807) is 0 Å². The van der Waals surface area contributed by atoms with Crippen molar-refractivity contribution in [3.8, 4) is 0 Å². The van der Waals surface area contributed by atoms with Gasteiger partial charge in [-0.3, -0.25) is 9.98 Å². The number of hydrogen-bond acceptors (Lipinski definition) is 2. The van der Waals surface area contributed by atoms with E-state index in [2.05, 4.69) is 64.1 Å². The summed E-state index contributed by atoms with van der Waals surface area (Å²) in [5.74, 6) is 0. The Kier molecular flexibility index (Phi) is 3.06. The molecular weight excluding hydrogens is 280 g/mol. The van der Waals surface area contributed by atoms with Crippen LogP contribution >= 0.6 is 0 Å². The van der Waals surface area contributed by atoms with E-state index in [1.807, 2.05) is 6.07 Å². The molecule has 2 nitrogen and oxygen atoms in total. The Morgan fingerprint density at radius 1 is 1.00 bits per heavy atom. The molecule has 0 aromatic heterocycles. The third-order valence-corrected chi connectivity index (χ3v) is 4.90. The summed E-state index contributed by atoms with van der Waals surface area (Å²) >= 11 is 0. The van der Waals surface area contributed by atoms with Crippen molar-refractivity contribution in [1.29, 1.82) is 0 Å². The number of aryl methyl sites for hydroxylation is 2. The van der Waals surface area contributed by atoms with Gasteiger partial charge in [0.1, 0.15) is 0 Å². The minimum atomic E-state index is -0.0906. The third-order valence-electron chi connectivity index (χ3n) is 4.90. The average Bonchev–Trinajstić information content (AvgIpc) is 2.93. The van der Waals surface area contributed by atoms with Crippen LogP contribution in [0.4, 0.5) is 0 Å². The van der Waals surface area contributed by atoms with Gasteiger partial charge in [0.15, 0.2) is 6.17 Å². The van der Waals surface area contributed by atoms with Crippen LogP contribution in [0.15, 0.2) is 52.4 Å². The molecule has 0 radical (unpaired) electrons. The summed E-state index contributed by atoms with van der Waals surface area (Å²) in [5.41, 5.74) is 8.87. The topological polar surface area (TPSA) is 24.7 Å². The molecule has 116 valence electrons. The molecule has 1 aliphatic heterocycles. The quantitative estimate of drug-likeness (QED) is 0.721. The van der Waals surface area contributed by atoms with Gasteiger partial charge >= 0.3 is 0 Å². The Labute approximate surface area is 138 Å². The zero-order valence-electron chi connectivity index (χ0n) is 14.2. The number of rotatable bonds is 1. The van der Waals surface area contributed by atoms with Gasteiger partial charge in [0.2, 0.25) is 0 Å². The van der Waals surface area contributed by atoms with Crippen LogP contribution in [0.2, 0.25) is 0 Å². The number of fused-ring (bicyclic) bond motifs is 3. The number of benzene rings is 2. The Morgan fingerprint density at radius 3 is 2.48 bits per heavy atom. The normalized spacial score (nSPS) is 21.3. The maximum atomic E-state index is 5.02. The second kappa shape index (κ2) is 4.89. The highest BCUT2D eigenvalue weighted by Gasteiger charge is 2.40. The molecule has 2 aromatic carbocycles. The zero-order chi connectivity index (χ0) is 16.2. The molecule has 0 spiro atoms. The summed E-state index contributed by atoms with van der Waals surface area (Å²) in [6.45, 7) is 8.94. The van der Waals surface area contributed by atoms with Crippen molar-refractivity contribution in [2.75, 3.05) is 0 Å². The van der Waals surface area contributed by atoms with Gasteiger partial charge in [0.05, 0.1) is 11.4 Å². The standard InChI is InChI=1S/C21H22N2/c1-13-10-14(2)17-16(11-13)12-21(3,4)19-18(17)22-20(23-19)15-8-6-5-7-9-15/h5-11,20H,12H2,1-4H3. The van der Waals surface area contributed by atoms with Gasteiger partial charge < -0.3 is 0 Å². The molecule has 2 aliphatic rings. The van der Waals surface area contributed by atoms with Gasteiger partial charge in [-0.05, 0) is 37.0 Å². The predicted octanol–water partition coefficient (Wildman–Crippen LogP) is 4.83. The van der Waals surface area contributed by atoms with Crippen molar-refractivity contribution in [1.82, 2.24) is 0 Å². The molecule has 2 aromatic rings. The Balaban J connectivity index is 1.91. The molecule has 1 heterocycles. The Bertz CT molecular complexity index is 842. The van der Waals surface area contributed by atoms with Gasteiger partial charge in [0, 0.05) is 11.0 Å². The minimum Gasteiger partial charge on any atom is -0.256 e. The molecule has 0 saturated carbocycles. The summed E-state index contributed by atoms with van der Waals surface area (Å²) in [7, 11) is 0.